The Bertz CT molecular complexity index is 876. The van der Waals surface area contributed by atoms with Gasteiger partial charge in [-0.2, -0.15) is 4.98 Å². The lowest BCUT2D eigenvalue weighted by Gasteiger charge is -2.35. The fourth-order valence-electron chi connectivity index (χ4n) is 3.78. The van der Waals surface area contributed by atoms with Crippen LogP contribution in [0.2, 0.25) is 0 Å². The summed E-state index contributed by atoms with van der Waals surface area (Å²) in [5.74, 6) is 0.681. The molecule has 2 aliphatic heterocycles. The van der Waals surface area contributed by atoms with Crippen LogP contribution in [-0.2, 0) is 4.74 Å². The molecular weight excluding hydrogens is 401 g/mol. The maximum Gasteiger partial charge on any atom is 0.229 e. The highest BCUT2D eigenvalue weighted by molar-refractivity contribution is 5.56. The van der Waals surface area contributed by atoms with Gasteiger partial charge in [0.05, 0.1) is 19.4 Å². The highest BCUT2D eigenvalue weighted by Crippen LogP contribution is 2.23. The van der Waals surface area contributed by atoms with Crippen molar-refractivity contribution in [2.75, 3.05) is 36.9 Å². The minimum absolute atomic E-state index is 0.0309. The molecule has 4 rings (SSSR count). The summed E-state index contributed by atoms with van der Waals surface area (Å²) in [6, 6.07) is 7.42. The molecule has 2 saturated heterocycles. The number of hydrogen-bond donors (Lipinski definition) is 3. The number of likely N-dealkylation sites (tertiary alicyclic amines) is 1. The number of benzene rings is 1. The number of aromatic nitrogens is 2. The predicted octanol–water partition coefficient (Wildman–Crippen LogP) is 2.91. The Morgan fingerprint density at radius 2 is 2.16 bits per heavy atom. The van der Waals surface area contributed by atoms with E-state index in [1.165, 1.54) is 6.08 Å². The number of halogens is 1. The van der Waals surface area contributed by atoms with Crippen molar-refractivity contribution >= 4 is 17.5 Å². The standard InChI is InChI=1S/C22H28FN5O3/c1-2-20(29)28-10-3-4-16(13-28)25-21-19(23)12-24-22(27-21)26-15-5-7-17(8-6-15)31-18-9-11-30-14-18/h2,5-8,12,16,18,20,29H,1,3-4,9-11,13-14H2,(H2,24,25,26,27). The van der Waals surface area contributed by atoms with Gasteiger partial charge in [0.1, 0.15) is 18.1 Å². The Hall–Kier alpha value is -2.75. The van der Waals surface area contributed by atoms with Crippen molar-refractivity contribution in [3.8, 4) is 5.75 Å². The van der Waals surface area contributed by atoms with Gasteiger partial charge in [0.15, 0.2) is 11.6 Å². The molecule has 166 valence electrons. The third-order valence-corrected chi connectivity index (χ3v) is 5.42. The van der Waals surface area contributed by atoms with Crippen LogP contribution in [-0.4, -0.2) is 64.7 Å². The van der Waals surface area contributed by atoms with E-state index in [9.17, 15) is 9.50 Å². The van der Waals surface area contributed by atoms with Crippen LogP contribution in [0.25, 0.3) is 0 Å². The number of ether oxygens (including phenoxy) is 2. The van der Waals surface area contributed by atoms with Crippen molar-refractivity contribution in [1.82, 2.24) is 14.9 Å². The van der Waals surface area contributed by atoms with Gasteiger partial charge in [0.2, 0.25) is 5.95 Å². The number of piperidine rings is 1. The number of nitrogens with zero attached hydrogens (tertiary/aromatic N) is 3. The molecule has 3 atom stereocenters. The topological polar surface area (TPSA) is 91.8 Å². The summed E-state index contributed by atoms with van der Waals surface area (Å²) in [5.41, 5.74) is 0.769. The van der Waals surface area contributed by atoms with E-state index in [2.05, 4.69) is 27.2 Å². The Balaban J connectivity index is 1.37. The fourth-order valence-corrected chi connectivity index (χ4v) is 3.78. The molecule has 9 heteroatoms. The molecule has 0 aliphatic carbocycles. The first-order chi connectivity index (χ1) is 15.1. The third-order valence-electron chi connectivity index (χ3n) is 5.42. The Morgan fingerprint density at radius 1 is 1.32 bits per heavy atom. The first kappa shape index (κ1) is 21.5. The molecule has 8 nitrogen and oxygen atoms in total. The van der Waals surface area contributed by atoms with Crippen LogP contribution >= 0.6 is 0 Å². The lowest BCUT2D eigenvalue weighted by Crippen LogP contribution is -2.46. The van der Waals surface area contributed by atoms with Crippen LogP contribution in [0.15, 0.2) is 43.1 Å². The predicted molar refractivity (Wildman–Crippen MR) is 116 cm³/mol. The molecule has 2 aromatic rings. The molecule has 0 spiro atoms. The second kappa shape index (κ2) is 10.0. The molecule has 3 N–H and O–H groups in total. The van der Waals surface area contributed by atoms with Crippen molar-refractivity contribution in [2.24, 2.45) is 0 Å². The highest BCUT2D eigenvalue weighted by Gasteiger charge is 2.24. The first-order valence-electron chi connectivity index (χ1n) is 10.6. The zero-order chi connectivity index (χ0) is 21.6. The normalized spacial score (nSPS) is 22.6. The van der Waals surface area contributed by atoms with E-state index in [1.54, 1.807) is 0 Å². The van der Waals surface area contributed by atoms with Crippen LogP contribution < -0.4 is 15.4 Å². The van der Waals surface area contributed by atoms with Crippen molar-refractivity contribution in [3.05, 3.63) is 48.9 Å². The van der Waals surface area contributed by atoms with Gasteiger partial charge < -0.3 is 25.2 Å². The number of rotatable bonds is 8. The lowest BCUT2D eigenvalue weighted by atomic mass is 10.1. The molecular formula is C22H28FN5O3. The van der Waals surface area contributed by atoms with E-state index in [-0.39, 0.29) is 18.0 Å². The number of aliphatic hydroxyl groups excluding tert-OH is 1. The van der Waals surface area contributed by atoms with E-state index in [4.69, 9.17) is 9.47 Å². The summed E-state index contributed by atoms with van der Waals surface area (Å²) in [4.78, 5) is 10.2. The van der Waals surface area contributed by atoms with Crippen molar-refractivity contribution in [3.63, 3.8) is 0 Å². The number of aliphatic hydroxyl groups is 1. The molecule has 0 radical (unpaired) electrons. The quantitative estimate of drug-likeness (QED) is 0.552. The maximum absolute atomic E-state index is 14.3. The van der Waals surface area contributed by atoms with Crippen molar-refractivity contribution in [2.45, 2.75) is 37.6 Å². The van der Waals surface area contributed by atoms with Gasteiger partial charge in [-0.1, -0.05) is 6.58 Å². The SMILES string of the molecule is C=CC(O)N1CCCC(Nc2nc(Nc3ccc(OC4CCOC4)cc3)ncc2F)C1. The monoisotopic (exact) mass is 429 g/mol. The van der Waals surface area contributed by atoms with Gasteiger partial charge >= 0.3 is 0 Å². The van der Waals surface area contributed by atoms with E-state index in [1.807, 2.05) is 29.2 Å². The third kappa shape index (κ3) is 5.69. The summed E-state index contributed by atoms with van der Waals surface area (Å²) in [7, 11) is 0. The summed E-state index contributed by atoms with van der Waals surface area (Å²) < 4.78 is 25.5. The molecule has 0 saturated carbocycles. The molecule has 2 fully saturated rings. The summed E-state index contributed by atoms with van der Waals surface area (Å²) in [5, 5.41) is 16.2. The van der Waals surface area contributed by atoms with Crippen LogP contribution in [0.1, 0.15) is 19.3 Å². The number of hydrogen-bond acceptors (Lipinski definition) is 8. The van der Waals surface area contributed by atoms with Gasteiger partial charge in [-0.25, -0.2) is 9.37 Å². The zero-order valence-corrected chi connectivity index (χ0v) is 17.3. The minimum atomic E-state index is -0.704. The van der Waals surface area contributed by atoms with Crippen LogP contribution in [0.5, 0.6) is 5.75 Å². The van der Waals surface area contributed by atoms with Gasteiger partial charge in [-0.3, -0.25) is 4.90 Å². The van der Waals surface area contributed by atoms with E-state index >= 15 is 0 Å². The zero-order valence-electron chi connectivity index (χ0n) is 17.3. The van der Waals surface area contributed by atoms with Crippen LogP contribution in [0.3, 0.4) is 0 Å². The molecule has 31 heavy (non-hydrogen) atoms. The van der Waals surface area contributed by atoms with E-state index in [0.717, 1.165) is 50.0 Å². The second-order valence-electron chi connectivity index (χ2n) is 7.77. The average molecular weight is 429 g/mol. The Morgan fingerprint density at radius 3 is 2.90 bits per heavy atom. The molecule has 1 aromatic heterocycles. The summed E-state index contributed by atoms with van der Waals surface area (Å²) in [6.45, 7) is 6.33. The summed E-state index contributed by atoms with van der Waals surface area (Å²) >= 11 is 0. The van der Waals surface area contributed by atoms with Gasteiger partial charge in [0, 0.05) is 31.2 Å². The molecule has 1 aromatic carbocycles. The molecule has 3 unspecified atom stereocenters. The molecule has 3 heterocycles. The van der Waals surface area contributed by atoms with Crippen molar-refractivity contribution < 1.29 is 19.0 Å². The smallest absolute Gasteiger partial charge is 0.229 e. The van der Waals surface area contributed by atoms with Gasteiger partial charge in [-0.05, 0) is 43.2 Å². The Labute approximate surface area is 181 Å². The average Bonchev–Trinajstić information content (AvgIpc) is 3.30. The van der Waals surface area contributed by atoms with Gasteiger partial charge in [-0.15, -0.1) is 0 Å². The first-order valence-corrected chi connectivity index (χ1v) is 10.6. The van der Waals surface area contributed by atoms with Crippen LogP contribution in [0, 0.1) is 5.82 Å². The number of nitrogens with one attached hydrogen (secondary N) is 2. The number of anilines is 3. The molecule has 0 bridgehead atoms. The van der Waals surface area contributed by atoms with Crippen molar-refractivity contribution in [1.29, 1.82) is 0 Å². The van der Waals surface area contributed by atoms with E-state index < -0.39 is 12.0 Å². The maximum atomic E-state index is 14.3. The Kier molecular flexibility index (Phi) is 6.96. The molecule has 0 amide bonds. The fraction of sp³-hybridized carbons (Fsp3) is 0.455. The highest BCUT2D eigenvalue weighted by atomic mass is 19.1. The van der Waals surface area contributed by atoms with Gasteiger partial charge in [0.25, 0.3) is 0 Å². The minimum Gasteiger partial charge on any atom is -0.488 e. The lowest BCUT2D eigenvalue weighted by molar-refractivity contribution is 0.0251. The van der Waals surface area contributed by atoms with E-state index in [0.29, 0.717) is 19.1 Å². The largest absolute Gasteiger partial charge is 0.488 e. The van der Waals surface area contributed by atoms with Crippen LogP contribution in [0.4, 0.5) is 21.8 Å². The summed E-state index contributed by atoms with van der Waals surface area (Å²) in [6.07, 6.45) is 4.68. The second-order valence-corrected chi connectivity index (χ2v) is 7.77. The molecule has 2 aliphatic rings.